The van der Waals surface area contributed by atoms with Gasteiger partial charge in [0, 0.05) is 6.04 Å². The highest BCUT2D eigenvalue weighted by molar-refractivity contribution is 5.29. The van der Waals surface area contributed by atoms with Crippen molar-refractivity contribution in [2.24, 2.45) is 5.73 Å². The molecule has 78 valence electrons. The molecule has 1 nitrogen and oxygen atoms in total. The van der Waals surface area contributed by atoms with Crippen LogP contribution in [0.25, 0.3) is 0 Å². The SMILES string of the molecule is Cc1ccc(CCCC(C)N)cc1C. The van der Waals surface area contributed by atoms with Gasteiger partial charge in [0.25, 0.3) is 0 Å². The second-order valence-corrected chi connectivity index (χ2v) is 4.29. The van der Waals surface area contributed by atoms with Crippen molar-refractivity contribution in [1.82, 2.24) is 0 Å². The summed E-state index contributed by atoms with van der Waals surface area (Å²) in [6.45, 7) is 6.39. The lowest BCUT2D eigenvalue weighted by Gasteiger charge is -2.06. The Morgan fingerprint density at radius 2 is 1.93 bits per heavy atom. The molecule has 0 aliphatic heterocycles. The van der Waals surface area contributed by atoms with Crippen molar-refractivity contribution in [2.45, 2.75) is 46.1 Å². The van der Waals surface area contributed by atoms with Gasteiger partial charge in [-0.3, -0.25) is 0 Å². The van der Waals surface area contributed by atoms with Crippen LogP contribution in [0, 0.1) is 13.8 Å². The summed E-state index contributed by atoms with van der Waals surface area (Å²) in [5.41, 5.74) is 9.92. The average Bonchev–Trinajstić information content (AvgIpc) is 2.10. The van der Waals surface area contributed by atoms with E-state index >= 15 is 0 Å². The van der Waals surface area contributed by atoms with E-state index in [1.807, 2.05) is 0 Å². The smallest absolute Gasteiger partial charge is 0.00105 e. The maximum atomic E-state index is 5.71. The number of benzene rings is 1. The molecule has 1 rings (SSSR count). The summed E-state index contributed by atoms with van der Waals surface area (Å²) in [4.78, 5) is 0. The topological polar surface area (TPSA) is 26.0 Å². The highest BCUT2D eigenvalue weighted by atomic mass is 14.6. The van der Waals surface area contributed by atoms with E-state index in [0.29, 0.717) is 6.04 Å². The normalized spacial score (nSPS) is 12.9. The first-order valence-electron chi connectivity index (χ1n) is 5.41. The molecule has 0 amide bonds. The second kappa shape index (κ2) is 5.16. The number of aryl methyl sites for hydroxylation is 3. The van der Waals surface area contributed by atoms with Crippen molar-refractivity contribution in [1.29, 1.82) is 0 Å². The molecule has 0 saturated carbocycles. The molecule has 0 aliphatic carbocycles. The first kappa shape index (κ1) is 11.3. The van der Waals surface area contributed by atoms with E-state index in [1.165, 1.54) is 23.1 Å². The third-order valence-electron chi connectivity index (χ3n) is 2.70. The second-order valence-electron chi connectivity index (χ2n) is 4.29. The molecule has 1 atom stereocenters. The predicted octanol–water partition coefficient (Wildman–Crippen LogP) is 2.97. The van der Waals surface area contributed by atoms with Crippen LogP contribution in [-0.2, 0) is 6.42 Å². The van der Waals surface area contributed by atoms with Crippen LogP contribution in [-0.4, -0.2) is 6.04 Å². The summed E-state index contributed by atoms with van der Waals surface area (Å²) in [6, 6.07) is 7.05. The van der Waals surface area contributed by atoms with Gasteiger partial charge in [-0.05, 0) is 56.7 Å². The Bertz CT molecular complexity index is 289. The third kappa shape index (κ3) is 3.51. The monoisotopic (exact) mass is 191 g/mol. The summed E-state index contributed by atoms with van der Waals surface area (Å²) in [7, 11) is 0. The lowest BCUT2D eigenvalue weighted by atomic mass is 10.0. The maximum absolute atomic E-state index is 5.71. The molecular weight excluding hydrogens is 170 g/mol. The number of hydrogen-bond donors (Lipinski definition) is 1. The van der Waals surface area contributed by atoms with Crippen molar-refractivity contribution in [3.8, 4) is 0 Å². The first-order chi connectivity index (χ1) is 6.59. The quantitative estimate of drug-likeness (QED) is 0.778. The standard InChI is InChI=1S/C13H21N/c1-10-7-8-13(9-11(10)2)6-4-5-12(3)14/h7-9,12H,4-6,14H2,1-3H3. The molecule has 0 aromatic heterocycles. The highest BCUT2D eigenvalue weighted by Crippen LogP contribution is 2.12. The van der Waals surface area contributed by atoms with Gasteiger partial charge in [0.05, 0.1) is 0 Å². The molecule has 1 aromatic rings. The molecule has 14 heavy (non-hydrogen) atoms. The van der Waals surface area contributed by atoms with Gasteiger partial charge in [-0.1, -0.05) is 18.2 Å². The van der Waals surface area contributed by atoms with Crippen molar-refractivity contribution >= 4 is 0 Å². The number of rotatable bonds is 4. The van der Waals surface area contributed by atoms with Gasteiger partial charge in [0.15, 0.2) is 0 Å². The fraction of sp³-hybridized carbons (Fsp3) is 0.538. The number of nitrogens with two attached hydrogens (primary N) is 1. The maximum Gasteiger partial charge on any atom is 0.00105 e. The van der Waals surface area contributed by atoms with Crippen LogP contribution >= 0.6 is 0 Å². The fourth-order valence-electron chi connectivity index (χ4n) is 1.59. The van der Waals surface area contributed by atoms with Gasteiger partial charge in [0.1, 0.15) is 0 Å². The van der Waals surface area contributed by atoms with E-state index in [4.69, 9.17) is 5.73 Å². The fourth-order valence-corrected chi connectivity index (χ4v) is 1.59. The van der Waals surface area contributed by atoms with E-state index in [-0.39, 0.29) is 0 Å². The Morgan fingerprint density at radius 3 is 2.50 bits per heavy atom. The largest absolute Gasteiger partial charge is 0.328 e. The van der Waals surface area contributed by atoms with Gasteiger partial charge in [-0.2, -0.15) is 0 Å². The summed E-state index contributed by atoms with van der Waals surface area (Å²) in [5.74, 6) is 0. The first-order valence-corrected chi connectivity index (χ1v) is 5.41. The van der Waals surface area contributed by atoms with E-state index in [9.17, 15) is 0 Å². The Labute approximate surface area is 87.3 Å². The van der Waals surface area contributed by atoms with Crippen LogP contribution in [0.2, 0.25) is 0 Å². The van der Waals surface area contributed by atoms with Crippen molar-refractivity contribution < 1.29 is 0 Å². The minimum absolute atomic E-state index is 0.335. The molecule has 0 aliphatic rings. The van der Waals surface area contributed by atoms with Crippen molar-refractivity contribution in [3.05, 3.63) is 34.9 Å². The van der Waals surface area contributed by atoms with Crippen LogP contribution in [0.15, 0.2) is 18.2 Å². The lowest BCUT2D eigenvalue weighted by Crippen LogP contribution is -2.14. The lowest BCUT2D eigenvalue weighted by molar-refractivity contribution is 0.624. The molecular formula is C13H21N. The van der Waals surface area contributed by atoms with Crippen molar-refractivity contribution in [2.75, 3.05) is 0 Å². The molecule has 1 aromatic carbocycles. The Kier molecular flexibility index (Phi) is 4.15. The van der Waals surface area contributed by atoms with Gasteiger partial charge >= 0.3 is 0 Å². The summed E-state index contributed by atoms with van der Waals surface area (Å²) in [5, 5.41) is 0. The van der Waals surface area contributed by atoms with Gasteiger partial charge in [-0.15, -0.1) is 0 Å². The predicted molar refractivity (Wildman–Crippen MR) is 62.5 cm³/mol. The Balaban J connectivity index is 2.47. The molecule has 1 unspecified atom stereocenters. The Hall–Kier alpha value is -0.820. The zero-order valence-electron chi connectivity index (χ0n) is 9.51. The zero-order chi connectivity index (χ0) is 10.6. The third-order valence-corrected chi connectivity index (χ3v) is 2.70. The molecule has 0 saturated heterocycles. The zero-order valence-corrected chi connectivity index (χ0v) is 9.51. The summed E-state index contributed by atoms with van der Waals surface area (Å²) < 4.78 is 0. The highest BCUT2D eigenvalue weighted by Gasteiger charge is 1.98. The minimum Gasteiger partial charge on any atom is -0.328 e. The van der Waals surface area contributed by atoms with Crippen LogP contribution in [0.3, 0.4) is 0 Å². The molecule has 0 heterocycles. The molecule has 0 spiro atoms. The van der Waals surface area contributed by atoms with Crippen LogP contribution in [0.1, 0.15) is 36.5 Å². The molecule has 0 radical (unpaired) electrons. The average molecular weight is 191 g/mol. The molecule has 1 heteroatoms. The van der Waals surface area contributed by atoms with Gasteiger partial charge < -0.3 is 5.73 Å². The minimum atomic E-state index is 0.335. The summed E-state index contributed by atoms with van der Waals surface area (Å²) in [6.07, 6.45) is 3.47. The van der Waals surface area contributed by atoms with Crippen LogP contribution < -0.4 is 5.73 Å². The van der Waals surface area contributed by atoms with E-state index in [2.05, 4.69) is 39.0 Å². The van der Waals surface area contributed by atoms with E-state index in [1.54, 1.807) is 0 Å². The van der Waals surface area contributed by atoms with Crippen molar-refractivity contribution in [3.63, 3.8) is 0 Å². The molecule has 2 N–H and O–H groups in total. The number of hydrogen-bond acceptors (Lipinski definition) is 1. The Morgan fingerprint density at radius 1 is 1.21 bits per heavy atom. The van der Waals surface area contributed by atoms with Gasteiger partial charge in [0.2, 0.25) is 0 Å². The molecule has 0 bridgehead atoms. The van der Waals surface area contributed by atoms with E-state index in [0.717, 1.165) is 12.8 Å². The molecule has 0 fully saturated rings. The van der Waals surface area contributed by atoms with Crippen LogP contribution in [0.5, 0.6) is 0 Å². The van der Waals surface area contributed by atoms with Gasteiger partial charge in [-0.25, -0.2) is 0 Å². The van der Waals surface area contributed by atoms with E-state index < -0.39 is 0 Å². The van der Waals surface area contributed by atoms with Crippen LogP contribution in [0.4, 0.5) is 0 Å². The summed E-state index contributed by atoms with van der Waals surface area (Å²) >= 11 is 0.